The smallest absolute Gasteiger partial charge is 0.190 e. The lowest BCUT2D eigenvalue weighted by molar-refractivity contribution is -0.240. The lowest BCUT2D eigenvalue weighted by Gasteiger charge is -2.36. The van der Waals surface area contributed by atoms with Crippen LogP contribution in [0.4, 0.5) is 0 Å². The standard InChI is InChI=1S/C12H20O6/c1-11(2)15-7-6(5-13)14-10-9(8(7)16-11)17-12(3,4)18-10/h6-10,13H,5H2,1-4H3/t6-,7-,8-,9-,10+/m1/s1. The predicted octanol–water partition coefficient (Wildman–Crippen LogP) is 0.375. The Morgan fingerprint density at radius 3 is 2.06 bits per heavy atom. The lowest BCUT2D eigenvalue weighted by atomic mass is 9.99. The summed E-state index contributed by atoms with van der Waals surface area (Å²) in [4.78, 5) is 0. The van der Waals surface area contributed by atoms with Crippen molar-refractivity contribution in [3.8, 4) is 0 Å². The molecule has 0 bridgehead atoms. The van der Waals surface area contributed by atoms with Crippen molar-refractivity contribution < 1.29 is 28.8 Å². The molecule has 6 nitrogen and oxygen atoms in total. The summed E-state index contributed by atoms with van der Waals surface area (Å²) < 4.78 is 28.9. The average molecular weight is 260 g/mol. The Morgan fingerprint density at radius 1 is 0.833 bits per heavy atom. The fourth-order valence-electron chi connectivity index (χ4n) is 2.84. The fourth-order valence-corrected chi connectivity index (χ4v) is 2.84. The fraction of sp³-hybridized carbons (Fsp3) is 1.00. The molecule has 18 heavy (non-hydrogen) atoms. The first-order valence-electron chi connectivity index (χ1n) is 6.29. The quantitative estimate of drug-likeness (QED) is 0.735. The molecule has 3 rings (SSSR count). The number of rotatable bonds is 1. The van der Waals surface area contributed by atoms with Crippen LogP contribution in [0.1, 0.15) is 27.7 Å². The van der Waals surface area contributed by atoms with Gasteiger partial charge >= 0.3 is 0 Å². The van der Waals surface area contributed by atoms with E-state index in [1.54, 1.807) is 0 Å². The second kappa shape index (κ2) is 3.88. The molecule has 0 aromatic carbocycles. The summed E-state index contributed by atoms with van der Waals surface area (Å²) in [5.74, 6) is -1.41. The molecule has 5 atom stereocenters. The highest BCUT2D eigenvalue weighted by atomic mass is 16.9. The van der Waals surface area contributed by atoms with Gasteiger partial charge in [0, 0.05) is 0 Å². The maximum atomic E-state index is 9.40. The van der Waals surface area contributed by atoms with E-state index in [-0.39, 0.29) is 24.9 Å². The normalized spacial score (nSPS) is 48.8. The molecule has 0 aromatic heterocycles. The minimum Gasteiger partial charge on any atom is -0.394 e. The molecule has 104 valence electrons. The van der Waals surface area contributed by atoms with Gasteiger partial charge in [0.2, 0.25) is 0 Å². The van der Waals surface area contributed by atoms with Gasteiger partial charge in [0.15, 0.2) is 17.9 Å². The van der Waals surface area contributed by atoms with Gasteiger partial charge in [-0.1, -0.05) is 0 Å². The molecule has 3 heterocycles. The van der Waals surface area contributed by atoms with Crippen molar-refractivity contribution in [3.05, 3.63) is 0 Å². The second-order valence-corrected chi connectivity index (χ2v) is 5.89. The van der Waals surface area contributed by atoms with Gasteiger partial charge < -0.3 is 28.8 Å². The molecule has 3 saturated heterocycles. The minimum atomic E-state index is -0.708. The van der Waals surface area contributed by atoms with Crippen LogP contribution in [0.2, 0.25) is 0 Å². The van der Waals surface area contributed by atoms with Crippen molar-refractivity contribution in [2.45, 2.75) is 70.0 Å². The van der Waals surface area contributed by atoms with Gasteiger partial charge in [-0.25, -0.2) is 0 Å². The van der Waals surface area contributed by atoms with Gasteiger partial charge in [0.1, 0.15) is 24.4 Å². The number of aliphatic hydroxyl groups is 1. The maximum absolute atomic E-state index is 9.40. The van der Waals surface area contributed by atoms with Crippen LogP contribution < -0.4 is 0 Å². The number of hydrogen-bond acceptors (Lipinski definition) is 6. The highest BCUT2D eigenvalue weighted by molar-refractivity contribution is 4.99. The largest absolute Gasteiger partial charge is 0.394 e. The van der Waals surface area contributed by atoms with Gasteiger partial charge in [-0.3, -0.25) is 0 Å². The van der Waals surface area contributed by atoms with Crippen molar-refractivity contribution in [3.63, 3.8) is 0 Å². The van der Waals surface area contributed by atoms with E-state index < -0.39 is 24.0 Å². The monoisotopic (exact) mass is 260 g/mol. The predicted molar refractivity (Wildman–Crippen MR) is 59.6 cm³/mol. The van der Waals surface area contributed by atoms with Crippen LogP contribution in [0, 0.1) is 0 Å². The zero-order valence-corrected chi connectivity index (χ0v) is 11.1. The molecule has 3 aliphatic rings. The number of ether oxygens (including phenoxy) is 5. The van der Waals surface area contributed by atoms with Crippen LogP contribution in [-0.4, -0.2) is 54.0 Å². The lowest BCUT2D eigenvalue weighted by Crippen LogP contribution is -2.56. The molecule has 1 N–H and O–H groups in total. The third-order valence-electron chi connectivity index (χ3n) is 3.43. The Hall–Kier alpha value is -0.240. The highest BCUT2D eigenvalue weighted by Gasteiger charge is 2.60. The van der Waals surface area contributed by atoms with E-state index in [1.807, 2.05) is 27.7 Å². The molecule has 0 saturated carbocycles. The molecule has 0 radical (unpaired) electrons. The van der Waals surface area contributed by atoms with Crippen molar-refractivity contribution in [1.29, 1.82) is 0 Å². The van der Waals surface area contributed by atoms with Crippen molar-refractivity contribution in [2.24, 2.45) is 0 Å². The summed E-state index contributed by atoms with van der Waals surface area (Å²) in [6.07, 6.45) is -1.90. The zero-order valence-electron chi connectivity index (χ0n) is 11.1. The molecular formula is C12H20O6. The van der Waals surface area contributed by atoms with Gasteiger partial charge in [-0.05, 0) is 27.7 Å². The summed E-state index contributed by atoms with van der Waals surface area (Å²) in [5.41, 5.74) is 0. The topological polar surface area (TPSA) is 66.4 Å². The third kappa shape index (κ3) is 1.97. The van der Waals surface area contributed by atoms with E-state index in [1.165, 1.54) is 0 Å². The number of fused-ring (bicyclic) bond motifs is 3. The summed E-state index contributed by atoms with van der Waals surface area (Å²) in [7, 11) is 0. The molecular weight excluding hydrogens is 240 g/mol. The van der Waals surface area contributed by atoms with Crippen LogP contribution >= 0.6 is 0 Å². The van der Waals surface area contributed by atoms with Gasteiger partial charge in [0.25, 0.3) is 0 Å². The SMILES string of the molecule is CC1(C)O[C@@H]2O[C@H](CO)[C@H]3OC(C)(C)O[C@H]3[C@H]2O1. The Balaban J connectivity index is 1.86. The summed E-state index contributed by atoms with van der Waals surface area (Å²) in [5, 5.41) is 9.40. The minimum absolute atomic E-state index is 0.131. The third-order valence-corrected chi connectivity index (χ3v) is 3.43. The van der Waals surface area contributed by atoms with Crippen LogP contribution in [-0.2, 0) is 23.7 Å². The zero-order chi connectivity index (χ0) is 13.1. The first-order valence-corrected chi connectivity index (χ1v) is 6.29. The Bertz CT molecular complexity index is 341. The molecule has 0 aliphatic carbocycles. The van der Waals surface area contributed by atoms with Crippen LogP contribution in [0.5, 0.6) is 0 Å². The van der Waals surface area contributed by atoms with E-state index in [2.05, 4.69) is 0 Å². The van der Waals surface area contributed by atoms with E-state index in [4.69, 9.17) is 23.7 Å². The molecule has 0 unspecified atom stereocenters. The van der Waals surface area contributed by atoms with Gasteiger partial charge in [-0.15, -0.1) is 0 Å². The molecule has 0 amide bonds. The summed E-state index contributed by atoms with van der Waals surface area (Å²) >= 11 is 0. The first-order chi connectivity index (χ1) is 8.31. The van der Waals surface area contributed by atoms with Gasteiger partial charge in [-0.2, -0.15) is 0 Å². The maximum Gasteiger partial charge on any atom is 0.190 e. The summed E-state index contributed by atoms with van der Waals surface area (Å²) in [6.45, 7) is 7.22. The Morgan fingerprint density at radius 2 is 1.39 bits per heavy atom. The van der Waals surface area contributed by atoms with Gasteiger partial charge in [0.05, 0.1) is 6.61 Å². The van der Waals surface area contributed by atoms with Crippen molar-refractivity contribution in [2.75, 3.05) is 6.61 Å². The molecule has 6 heteroatoms. The van der Waals surface area contributed by atoms with E-state index >= 15 is 0 Å². The van der Waals surface area contributed by atoms with E-state index in [9.17, 15) is 5.11 Å². The Kier molecular flexibility index (Phi) is 2.75. The van der Waals surface area contributed by atoms with Crippen LogP contribution in [0.3, 0.4) is 0 Å². The molecule has 3 fully saturated rings. The number of hydrogen-bond donors (Lipinski definition) is 1. The van der Waals surface area contributed by atoms with Crippen molar-refractivity contribution in [1.82, 2.24) is 0 Å². The van der Waals surface area contributed by atoms with Crippen molar-refractivity contribution >= 4 is 0 Å². The molecule has 0 aromatic rings. The van der Waals surface area contributed by atoms with Crippen LogP contribution in [0.15, 0.2) is 0 Å². The first kappa shape index (κ1) is 12.8. The molecule has 3 aliphatic heterocycles. The van der Waals surface area contributed by atoms with E-state index in [0.717, 1.165) is 0 Å². The Labute approximate surface area is 106 Å². The second-order valence-electron chi connectivity index (χ2n) is 5.89. The molecule has 0 spiro atoms. The van der Waals surface area contributed by atoms with E-state index in [0.29, 0.717) is 0 Å². The summed E-state index contributed by atoms with van der Waals surface area (Å²) in [6, 6.07) is 0. The van der Waals surface area contributed by atoms with Crippen LogP contribution in [0.25, 0.3) is 0 Å². The highest BCUT2D eigenvalue weighted by Crippen LogP contribution is 2.43. The average Bonchev–Trinajstić information content (AvgIpc) is 2.71. The number of aliphatic hydroxyl groups excluding tert-OH is 1.